The van der Waals surface area contributed by atoms with Crippen LogP contribution >= 0.6 is 11.6 Å². The highest BCUT2D eigenvalue weighted by Gasteiger charge is 2.34. The number of hydrogen-bond donors (Lipinski definition) is 1. The SMILES string of the molecule is Cc1ccc(C(=O)N(CCCN)[C@H](c2nc3c(Cl)c(OC(F)F)nn3c(=O)n2Cc2ccccc2)C(C)C)cc1. The van der Waals surface area contributed by atoms with Crippen LogP contribution in [0.15, 0.2) is 59.4 Å². The Kier molecular flexibility index (Phi) is 9.16. The fourth-order valence-corrected chi connectivity index (χ4v) is 4.77. The van der Waals surface area contributed by atoms with E-state index in [1.807, 2.05) is 63.2 Å². The number of hydrogen-bond acceptors (Lipinski definition) is 6. The molecule has 4 rings (SSSR count). The van der Waals surface area contributed by atoms with Crippen molar-refractivity contribution in [3.05, 3.63) is 92.6 Å². The van der Waals surface area contributed by atoms with E-state index in [0.29, 0.717) is 25.1 Å². The van der Waals surface area contributed by atoms with Gasteiger partial charge in [0.25, 0.3) is 11.8 Å². The second-order valence-electron chi connectivity index (χ2n) is 9.75. The largest absolute Gasteiger partial charge is 0.414 e. The number of ether oxygens (including phenoxy) is 1. The zero-order chi connectivity index (χ0) is 29.0. The van der Waals surface area contributed by atoms with Gasteiger partial charge in [-0.1, -0.05) is 73.5 Å². The zero-order valence-electron chi connectivity index (χ0n) is 22.4. The molecule has 2 heterocycles. The summed E-state index contributed by atoms with van der Waals surface area (Å²) in [4.78, 5) is 34.1. The minimum absolute atomic E-state index is 0.0904. The van der Waals surface area contributed by atoms with Crippen molar-refractivity contribution in [2.24, 2.45) is 11.7 Å². The summed E-state index contributed by atoms with van der Waals surface area (Å²) in [5, 5.41) is 3.55. The normalized spacial score (nSPS) is 12.3. The van der Waals surface area contributed by atoms with Gasteiger partial charge in [0.2, 0.25) is 0 Å². The van der Waals surface area contributed by atoms with Crippen LogP contribution in [0, 0.1) is 12.8 Å². The van der Waals surface area contributed by atoms with Crippen LogP contribution in [0.3, 0.4) is 0 Å². The molecule has 0 bridgehead atoms. The van der Waals surface area contributed by atoms with Gasteiger partial charge in [0.1, 0.15) is 10.8 Å². The summed E-state index contributed by atoms with van der Waals surface area (Å²) >= 11 is 6.33. The number of alkyl halides is 2. The first-order valence-electron chi connectivity index (χ1n) is 12.9. The highest BCUT2D eigenvalue weighted by Crippen LogP contribution is 2.32. The number of nitrogens with two attached hydrogens (primary N) is 1. The number of amides is 1. The molecule has 1 amide bonds. The molecule has 4 aromatic rings. The van der Waals surface area contributed by atoms with Gasteiger partial charge in [0.05, 0.1) is 12.6 Å². The quantitative estimate of drug-likeness (QED) is 0.279. The molecule has 12 heteroatoms. The lowest BCUT2D eigenvalue weighted by Gasteiger charge is -2.35. The van der Waals surface area contributed by atoms with Crippen LogP contribution in [-0.4, -0.2) is 49.7 Å². The molecule has 1 atom stereocenters. The first-order valence-corrected chi connectivity index (χ1v) is 13.3. The smallest absolute Gasteiger partial charge is 0.388 e. The maximum Gasteiger partial charge on any atom is 0.388 e. The average molecular weight is 573 g/mol. The van der Waals surface area contributed by atoms with E-state index in [0.717, 1.165) is 15.6 Å². The number of carbonyl (C=O) groups is 1. The number of aromatic nitrogens is 4. The van der Waals surface area contributed by atoms with Gasteiger partial charge in [-0.25, -0.2) is 9.78 Å². The van der Waals surface area contributed by atoms with E-state index in [1.165, 1.54) is 4.57 Å². The minimum atomic E-state index is -3.20. The van der Waals surface area contributed by atoms with Gasteiger partial charge in [-0.05, 0) is 43.5 Å². The Balaban J connectivity index is 1.95. The fraction of sp³-hybridized carbons (Fsp3) is 0.357. The zero-order valence-corrected chi connectivity index (χ0v) is 23.2. The molecule has 0 saturated carbocycles. The van der Waals surface area contributed by atoms with Gasteiger partial charge in [-0.2, -0.15) is 13.3 Å². The van der Waals surface area contributed by atoms with Crippen molar-refractivity contribution in [3.8, 4) is 5.88 Å². The summed E-state index contributed by atoms with van der Waals surface area (Å²) in [6, 6.07) is 15.7. The van der Waals surface area contributed by atoms with Crippen LogP contribution in [0.1, 0.15) is 53.6 Å². The van der Waals surface area contributed by atoms with E-state index in [1.54, 1.807) is 17.0 Å². The summed E-state index contributed by atoms with van der Waals surface area (Å²) in [5.74, 6) is -0.850. The van der Waals surface area contributed by atoms with Crippen molar-refractivity contribution in [2.75, 3.05) is 13.1 Å². The van der Waals surface area contributed by atoms with E-state index >= 15 is 0 Å². The molecule has 0 aliphatic rings. The third-order valence-corrected chi connectivity index (χ3v) is 6.79. The second kappa shape index (κ2) is 12.6. The van der Waals surface area contributed by atoms with Gasteiger partial charge in [0, 0.05) is 12.1 Å². The number of fused-ring (bicyclic) bond motifs is 1. The molecule has 0 saturated heterocycles. The predicted octanol–water partition coefficient (Wildman–Crippen LogP) is 4.69. The van der Waals surface area contributed by atoms with Crippen LogP contribution in [-0.2, 0) is 6.54 Å². The first-order chi connectivity index (χ1) is 19.1. The summed E-state index contributed by atoms with van der Waals surface area (Å²) in [6.45, 7) is 3.28. The second-order valence-corrected chi connectivity index (χ2v) is 10.1. The van der Waals surface area contributed by atoms with Gasteiger partial charge in [-0.3, -0.25) is 9.36 Å². The molecular weight excluding hydrogens is 542 g/mol. The van der Waals surface area contributed by atoms with Crippen LogP contribution in [0.5, 0.6) is 5.88 Å². The van der Waals surface area contributed by atoms with Crippen molar-refractivity contribution in [3.63, 3.8) is 0 Å². The number of halogens is 3. The van der Waals surface area contributed by atoms with Gasteiger partial charge in [-0.15, -0.1) is 5.10 Å². The molecule has 0 fully saturated rings. The Labute approximate surface area is 235 Å². The molecular formula is C28H31ClF2N6O3. The molecule has 0 aliphatic heterocycles. The molecule has 40 heavy (non-hydrogen) atoms. The van der Waals surface area contributed by atoms with E-state index in [-0.39, 0.29) is 34.9 Å². The minimum Gasteiger partial charge on any atom is -0.414 e. The fourth-order valence-electron chi connectivity index (χ4n) is 4.57. The van der Waals surface area contributed by atoms with Crippen LogP contribution in [0.25, 0.3) is 5.65 Å². The Morgan fingerprint density at radius 1 is 1.12 bits per heavy atom. The van der Waals surface area contributed by atoms with Crippen molar-refractivity contribution >= 4 is 23.2 Å². The lowest BCUT2D eigenvalue weighted by atomic mass is 9.99. The third kappa shape index (κ3) is 6.15. The maximum atomic E-state index is 13.9. The van der Waals surface area contributed by atoms with E-state index in [9.17, 15) is 18.4 Å². The lowest BCUT2D eigenvalue weighted by molar-refractivity contribution is -0.0529. The van der Waals surface area contributed by atoms with Crippen molar-refractivity contribution < 1.29 is 18.3 Å². The molecule has 9 nitrogen and oxygen atoms in total. The highest BCUT2D eigenvalue weighted by atomic mass is 35.5. The molecule has 212 valence electrons. The molecule has 2 aromatic carbocycles. The third-order valence-electron chi connectivity index (χ3n) is 6.46. The van der Waals surface area contributed by atoms with Gasteiger partial charge >= 0.3 is 12.3 Å². The average Bonchev–Trinajstić information content (AvgIpc) is 3.23. The van der Waals surface area contributed by atoms with Crippen LogP contribution in [0.4, 0.5) is 8.78 Å². The van der Waals surface area contributed by atoms with E-state index in [2.05, 4.69) is 14.8 Å². The Morgan fingerprint density at radius 2 is 1.80 bits per heavy atom. The molecule has 2 aromatic heterocycles. The van der Waals surface area contributed by atoms with Crippen LogP contribution < -0.4 is 16.2 Å². The standard InChI is InChI=1S/C28H31ClF2N6O3/c1-17(2)22(35(15-7-14-32)26(38)20-12-10-18(3)11-13-20)24-33-23-21(29)25(40-27(30)31)34-37(23)28(39)36(24)16-19-8-5-4-6-9-19/h4-6,8-13,17,22,27H,7,14-16,32H2,1-3H3/t22-/m0/s1. The van der Waals surface area contributed by atoms with Crippen molar-refractivity contribution in [2.45, 2.75) is 46.4 Å². The van der Waals surface area contributed by atoms with Crippen molar-refractivity contribution in [1.82, 2.24) is 24.1 Å². The monoisotopic (exact) mass is 572 g/mol. The summed E-state index contributed by atoms with van der Waals surface area (Å²) in [6.07, 6.45) is 0.506. The number of aryl methyl sites for hydroxylation is 1. The lowest BCUT2D eigenvalue weighted by Crippen LogP contribution is -2.43. The Hall–Kier alpha value is -3.83. The molecule has 0 aliphatic carbocycles. The summed E-state index contributed by atoms with van der Waals surface area (Å²) in [5.41, 5.74) is 7.29. The number of benzene rings is 2. The topological polar surface area (TPSA) is 108 Å². The summed E-state index contributed by atoms with van der Waals surface area (Å²) in [7, 11) is 0. The van der Waals surface area contributed by atoms with E-state index < -0.39 is 24.2 Å². The maximum absolute atomic E-state index is 13.9. The molecule has 0 spiro atoms. The molecule has 2 N–H and O–H groups in total. The highest BCUT2D eigenvalue weighted by molar-refractivity contribution is 6.34. The number of carbonyl (C=O) groups excluding carboxylic acids is 1. The van der Waals surface area contributed by atoms with Crippen molar-refractivity contribution in [1.29, 1.82) is 0 Å². The Morgan fingerprint density at radius 3 is 2.40 bits per heavy atom. The predicted molar refractivity (Wildman–Crippen MR) is 148 cm³/mol. The number of rotatable bonds is 11. The Bertz CT molecular complexity index is 1520. The molecule has 0 radical (unpaired) electrons. The first kappa shape index (κ1) is 29.2. The summed E-state index contributed by atoms with van der Waals surface area (Å²) < 4.78 is 32.7. The molecule has 0 unspecified atom stereocenters. The van der Waals surface area contributed by atoms with Crippen LogP contribution in [0.2, 0.25) is 5.02 Å². The van der Waals surface area contributed by atoms with Gasteiger partial charge in [0.15, 0.2) is 5.65 Å². The number of nitrogens with zero attached hydrogens (tertiary/aromatic N) is 5. The van der Waals surface area contributed by atoms with Gasteiger partial charge < -0.3 is 15.4 Å². The van der Waals surface area contributed by atoms with E-state index in [4.69, 9.17) is 17.3 Å².